The van der Waals surface area contributed by atoms with E-state index in [1.807, 2.05) is 30.5 Å². The predicted octanol–water partition coefficient (Wildman–Crippen LogP) is 2.21. The summed E-state index contributed by atoms with van der Waals surface area (Å²) in [5.74, 6) is 0. The fourth-order valence-electron chi connectivity index (χ4n) is 2.08. The molecule has 0 bridgehead atoms. The van der Waals surface area contributed by atoms with Crippen LogP contribution in [0.3, 0.4) is 0 Å². The first-order valence-electron chi connectivity index (χ1n) is 6.16. The average Bonchev–Trinajstić information content (AvgIpc) is 2.42. The fraction of sp³-hybridized carbons (Fsp3) is 0.267. The van der Waals surface area contributed by atoms with Crippen LogP contribution in [0.4, 0.5) is 0 Å². The van der Waals surface area contributed by atoms with Gasteiger partial charge in [0.2, 0.25) is 0 Å². The molecule has 1 aromatic carbocycles. The van der Waals surface area contributed by atoms with Gasteiger partial charge in [0.25, 0.3) is 0 Å². The molecule has 0 saturated heterocycles. The fourth-order valence-corrected chi connectivity index (χ4v) is 2.08. The molecule has 0 saturated carbocycles. The number of nitrogens with two attached hydrogens (primary N) is 1. The van der Waals surface area contributed by atoms with Crippen molar-refractivity contribution in [3.8, 4) is 0 Å². The lowest BCUT2D eigenvalue weighted by Gasteiger charge is -2.26. The van der Waals surface area contributed by atoms with Crippen LogP contribution < -0.4 is 5.73 Å². The molecule has 3 nitrogen and oxygen atoms in total. The van der Waals surface area contributed by atoms with Gasteiger partial charge in [-0.25, -0.2) is 0 Å². The Hall–Kier alpha value is -1.71. The van der Waals surface area contributed by atoms with E-state index in [1.54, 1.807) is 0 Å². The summed E-state index contributed by atoms with van der Waals surface area (Å²) < 4.78 is 0. The minimum Gasteiger partial charge on any atom is -0.329 e. The molecule has 1 unspecified atom stereocenters. The standard InChI is InChI=1S/C15H19N3/c1-18(12-13-7-3-2-4-8-13)15(11-16)14-9-5-6-10-17-14/h2-10,15H,11-12,16H2,1H3. The number of rotatable bonds is 5. The average molecular weight is 241 g/mol. The Kier molecular flexibility index (Phi) is 4.45. The number of aromatic nitrogens is 1. The Labute approximate surface area is 108 Å². The van der Waals surface area contributed by atoms with E-state index in [2.05, 4.69) is 41.2 Å². The topological polar surface area (TPSA) is 42.1 Å². The van der Waals surface area contributed by atoms with Crippen molar-refractivity contribution in [1.82, 2.24) is 9.88 Å². The van der Waals surface area contributed by atoms with Gasteiger partial charge in [-0.05, 0) is 24.7 Å². The first-order valence-corrected chi connectivity index (χ1v) is 6.16. The zero-order valence-electron chi connectivity index (χ0n) is 10.7. The van der Waals surface area contributed by atoms with E-state index in [4.69, 9.17) is 5.73 Å². The van der Waals surface area contributed by atoms with Gasteiger partial charge in [0.05, 0.1) is 11.7 Å². The maximum Gasteiger partial charge on any atom is 0.0644 e. The van der Waals surface area contributed by atoms with E-state index in [-0.39, 0.29) is 6.04 Å². The largest absolute Gasteiger partial charge is 0.329 e. The molecule has 0 fully saturated rings. The van der Waals surface area contributed by atoms with Gasteiger partial charge in [-0.1, -0.05) is 36.4 Å². The van der Waals surface area contributed by atoms with Crippen LogP contribution in [0.2, 0.25) is 0 Å². The summed E-state index contributed by atoms with van der Waals surface area (Å²) in [5.41, 5.74) is 8.19. The molecule has 0 amide bonds. The van der Waals surface area contributed by atoms with Gasteiger partial charge in [-0.2, -0.15) is 0 Å². The second-order valence-electron chi connectivity index (χ2n) is 4.41. The van der Waals surface area contributed by atoms with Crippen LogP contribution in [0, 0.1) is 0 Å². The molecule has 94 valence electrons. The Morgan fingerprint density at radius 2 is 1.83 bits per heavy atom. The number of nitrogens with zero attached hydrogens (tertiary/aromatic N) is 2. The minimum absolute atomic E-state index is 0.159. The highest BCUT2D eigenvalue weighted by atomic mass is 15.1. The first kappa shape index (κ1) is 12.7. The van der Waals surface area contributed by atoms with Crippen molar-refractivity contribution < 1.29 is 0 Å². The minimum atomic E-state index is 0.159. The molecule has 0 aliphatic carbocycles. The Bertz CT molecular complexity index is 456. The van der Waals surface area contributed by atoms with Crippen molar-refractivity contribution in [2.45, 2.75) is 12.6 Å². The summed E-state index contributed by atoms with van der Waals surface area (Å²) >= 11 is 0. The number of benzene rings is 1. The lowest BCUT2D eigenvalue weighted by molar-refractivity contribution is 0.237. The second kappa shape index (κ2) is 6.28. The summed E-state index contributed by atoms with van der Waals surface area (Å²) in [4.78, 5) is 6.62. The van der Waals surface area contributed by atoms with Crippen molar-refractivity contribution >= 4 is 0 Å². The maximum absolute atomic E-state index is 5.88. The van der Waals surface area contributed by atoms with E-state index < -0.39 is 0 Å². The molecule has 3 heteroatoms. The van der Waals surface area contributed by atoms with Crippen LogP contribution in [0.5, 0.6) is 0 Å². The molecule has 0 spiro atoms. The lowest BCUT2D eigenvalue weighted by atomic mass is 10.1. The molecule has 0 aliphatic rings. The van der Waals surface area contributed by atoms with E-state index in [0.717, 1.165) is 12.2 Å². The summed E-state index contributed by atoms with van der Waals surface area (Å²) in [6, 6.07) is 16.5. The van der Waals surface area contributed by atoms with Crippen LogP contribution >= 0.6 is 0 Å². The molecule has 1 atom stereocenters. The maximum atomic E-state index is 5.88. The molecule has 2 aromatic rings. The summed E-state index contributed by atoms with van der Waals surface area (Å²) in [6.07, 6.45) is 1.81. The third-order valence-corrected chi connectivity index (χ3v) is 3.06. The Morgan fingerprint density at radius 3 is 2.44 bits per heavy atom. The molecule has 18 heavy (non-hydrogen) atoms. The molecule has 2 N–H and O–H groups in total. The summed E-state index contributed by atoms with van der Waals surface area (Å²) in [6.45, 7) is 1.44. The monoisotopic (exact) mass is 241 g/mol. The zero-order valence-corrected chi connectivity index (χ0v) is 10.7. The van der Waals surface area contributed by atoms with Crippen molar-refractivity contribution in [3.05, 3.63) is 66.0 Å². The molecule has 1 heterocycles. The Morgan fingerprint density at radius 1 is 1.11 bits per heavy atom. The molecule has 1 aromatic heterocycles. The lowest BCUT2D eigenvalue weighted by Crippen LogP contribution is -2.30. The molecular formula is C15H19N3. The van der Waals surface area contributed by atoms with E-state index >= 15 is 0 Å². The SMILES string of the molecule is CN(Cc1ccccc1)C(CN)c1ccccn1. The van der Waals surface area contributed by atoms with Crippen LogP contribution in [0.25, 0.3) is 0 Å². The van der Waals surface area contributed by atoms with Crippen molar-refractivity contribution in [2.75, 3.05) is 13.6 Å². The highest BCUT2D eigenvalue weighted by Gasteiger charge is 2.16. The van der Waals surface area contributed by atoms with E-state index in [1.165, 1.54) is 5.56 Å². The van der Waals surface area contributed by atoms with Crippen molar-refractivity contribution in [3.63, 3.8) is 0 Å². The highest BCUT2D eigenvalue weighted by Crippen LogP contribution is 2.17. The summed E-state index contributed by atoms with van der Waals surface area (Å²) in [5, 5.41) is 0. The van der Waals surface area contributed by atoms with Gasteiger partial charge >= 0.3 is 0 Å². The van der Waals surface area contributed by atoms with Crippen LogP contribution in [0.1, 0.15) is 17.3 Å². The van der Waals surface area contributed by atoms with E-state index in [9.17, 15) is 0 Å². The zero-order chi connectivity index (χ0) is 12.8. The summed E-state index contributed by atoms with van der Waals surface area (Å²) in [7, 11) is 2.08. The number of likely N-dealkylation sites (N-methyl/N-ethyl adjacent to an activating group) is 1. The van der Waals surface area contributed by atoms with Crippen molar-refractivity contribution in [2.24, 2.45) is 5.73 Å². The van der Waals surface area contributed by atoms with Crippen LogP contribution in [-0.4, -0.2) is 23.5 Å². The van der Waals surface area contributed by atoms with Gasteiger partial charge in [0.1, 0.15) is 0 Å². The smallest absolute Gasteiger partial charge is 0.0644 e. The third-order valence-electron chi connectivity index (χ3n) is 3.06. The predicted molar refractivity (Wildman–Crippen MR) is 73.9 cm³/mol. The van der Waals surface area contributed by atoms with Crippen LogP contribution in [0.15, 0.2) is 54.7 Å². The number of hydrogen-bond acceptors (Lipinski definition) is 3. The van der Waals surface area contributed by atoms with Crippen molar-refractivity contribution in [1.29, 1.82) is 0 Å². The molecular weight excluding hydrogens is 222 g/mol. The quantitative estimate of drug-likeness (QED) is 0.872. The van der Waals surface area contributed by atoms with Gasteiger partial charge in [-0.15, -0.1) is 0 Å². The van der Waals surface area contributed by atoms with Gasteiger partial charge in [0, 0.05) is 19.3 Å². The molecule has 0 aliphatic heterocycles. The normalized spacial score (nSPS) is 12.6. The number of hydrogen-bond donors (Lipinski definition) is 1. The van der Waals surface area contributed by atoms with Gasteiger partial charge in [0.15, 0.2) is 0 Å². The van der Waals surface area contributed by atoms with E-state index in [0.29, 0.717) is 6.54 Å². The Balaban J connectivity index is 2.09. The third kappa shape index (κ3) is 3.15. The van der Waals surface area contributed by atoms with Gasteiger partial charge < -0.3 is 5.73 Å². The first-order chi connectivity index (χ1) is 8.81. The molecule has 0 radical (unpaired) electrons. The highest BCUT2D eigenvalue weighted by molar-refractivity contribution is 5.16. The second-order valence-corrected chi connectivity index (χ2v) is 4.41. The number of pyridine rings is 1. The van der Waals surface area contributed by atoms with Crippen LogP contribution in [-0.2, 0) is 6.54 Å². The van der Waals surface area contributed by atoms with Gasteiger partial charge in [-0.3, -0.25) is 9.88 Å². The molecule has 2 rings (SSSR count).